The summed E-state index contributed by atoms with van der Waals surface area (Å²) in [5.41, 5.74) is 1.04. The van der Waals surface area contributed by atoms with E-state index in [1.165, 1.54) is 6.08 Å². The first-order valence-electron chi connectivity index (χ1n) is 4.30. The van der Waals surface area contributed by atoms with Crippen molar-refractivity contribution in [2.75, 3.05) is 13.9 Å². The normalized spacial score (nSPS) is 10.3. The predicted octanol–water partition coefficient (Wildman–Crippen LogP) is -0.359. The molecule has 2 nitrogen and oxygen atoms in total. The average Bonchev–Trinajstić information content (AvgIpc) is 2.25. The molecule has 0 spiro atoms. The molecule has 0 fully saturated rings. The number of hydrogen-bond acceptors (Lipinski definition) is 2. The second kappa shape index (κ2) is 8.37. The standard InChI is InChI=1S/C12H13O2.Li/c1-3-12(14-10-13-2)9-11-7-5-4-6-8-11;/h1,3-9H,10H2,2H3;/q-1;+1/b12-9+;. The fourth-order valence-corrected chi connectivity index (χ4v) is 0.978. The molecular formula is C12H13LiO2. The SMILES string of the molecule is [CH-]=C/C(=C\c1ccccc1)OCOC.[Li+]. The third-order valence-electron chi connectivity index (χ3n) is 1.62. The van der Waals surface area contributed by atoms with Gasteiger partial charge in [0.15, 0.2) is 6.79 Å². The molecule has 1 rings (SSSR count). The predicted molar refractivity (Wildman–Crippen MR) is 56.3 cm³/mol. The summed E-state index contributed by atoms with van der Waals surface area (Å²) in [4.78, 5) is 0. The first kappa shape index (κ1) is 14.1. The number of methoxy groups -OCH3 is 1. The monoisotopic (exact) mass is 196 g/mol. The van der Waals surface area contributed by atoms with E-state index in [0.29, 0.717) is 5.76 Å². The molecule has 0 radical (unpaired) electrons. The van der Waals surface area contributed by atoms with Crippen LogP contribution in [-0.4, -0.2) is 13.9 Å². The molecule has 0 amide bonds. The van der Waals surface area contributed by atoms with Gasteiger partial charge in [0.05, 0.1) is 0 Å². The smallest absolute Gasteiger partial charge is 0.558 e. The van der Waals surface area contributed by atoms with Crippen molar-refractivity contribution in [3.05, 3.63) is 54.3 Å². The van der Waals surface area contributed by atoms with Crippen molar-refractivity contribution in [2.24, 2.45) is 0 Å². The molecule has 0 aromatic heterocycles. The molecule has 0 unspecified atom stereocenters. The molecular weight excluding hydrogens is 183 g/mol. The zero-order chi connectivity index (χ0) is 10.2. The second-order valence-electron chi connectivity index (χ2n) is 2.67. The van der Waals surface area contributed by atoms with Gasteiger partial charge in [-0.15, -0.1) is 0 Å². The fraction of sp³-hybridized carbons (Fsp3) is 0.167. The van der Waals surface area contributed by atoms with E-state index in [1.54, 1.807) is 7.11 Å². The molecule has 15 heavy (non-hydrogen) atoms. The Morgan fingerprint density at radius 2 is 2.00 bits per heavy atom. The van der Waals surface area contributed by atoms with E-state index in [0.717, 1.165) is 5.56 Å². The Kier molecular flexibility index (Phi) is 7.85. The van der Waals surface area contributed by atoms with Crippen LogP contribution in [0.2, 0.25) is 0 Å². The van der Waals surface area contributed by atoms with Gasteiger partial charge in [-0.2, -0.15) is 0 Å². The Morgan fingerprint density at radius 3 is 2.53 bits per heavy atom. The first-order chi connectivity index (χ1) is 6.86. The fourth-order valence-electron chi connectivity index (χ4n) is 0.978. The van der Waals surface area contributed by atoms with Gasteiger partial charge < -0.3 is 9.47 Å². The molecule has 0 bridgehead atoms. The molecule has 1 aromatic carbocycles. The van der Waals surface area contributed by atoms with Crippen LogP contribution in [0.3, 0.4) is 0 Å². The maximum absolute atomic E-state index is 5.39. The van der Waals surface area contributed by atoms with Crippen LogP contribution in [0.1, 0.15) is 5.56 Å². The summed E-state index contributed by atoms with van der Waals surface area (Å²) in [5, 5.41) is 0. The van der Waals surface area contributed by atoms with E-state index in [1.807, 2.05) is 36.4 Å². The number of hydrogen-bond donors (Lipinski definition) is 0. The minimum atomic E-state index is 0. The number of rotatable bonds is 5. The number of benzene rings is 1. The van der Waals surface area contributed by atoms with Crippen molar-refractivity contribution < 1.29 is 28.3 Å². The van der Waals surface area contributed by atoms with E-state index in [-0.39, 0.29) is 25.7 Å². The quantitative estimate of drug-likeness (QED) is 0.210. The molecule has 0 saturated heterocycles. The van der Waals surface area contributed by atoms with Crippen LogP contribution in [0.25, 0.3) is 6.08 Å². The Labute approximate surface area is 103 Å². The van der Waals surface area contributed by atoms with Crippen LogP contribution >= 0.6 is 0 Å². The number of allylic oxidation sites excluding steroid dienone is 1. The Bertz CT molecular complexity index is 307. The van der Waals surface area contributed by atoms with Crippen molar-refractivity contribution in [1.29, 1.82) is 0 Å². The molecule has 0 atom stereocenters. The van der Waals surface area contributed by atoms with E-state index in [2.05, 4.69) is 0 Å². The Balaban J connectivity index is 0.00000196. The van der Waals surface area contributed by atoms with E-state index < -0.39 is 0 Å². The summed E-state index contributed by atoms with van der Waals surface area (Å²) in [6.07, 6.45) is 3.26. The summed E-state index contributed by atoms with van der Waals surface area (Å²) < 4.78 is 9.98. The van der Waals surface area contributed by atoms with Crippen molar-refractivity contribution in [2.45, 2.75) is 0 Å². The Hall–Kier alpha value is -0.943. The molecule has 0 N–H and O–H groups in total. The zero-order valence-electron chi connectivity index (χ0n) is 9.14. The van der Waals surface area contributed by atoms with Crippen molar-refractivity contribution in [3.63, 3.8) is 0 Å². The van der Waals surface area contributed by atoms with E-state index in [4.69, 9.17) is 16.1 Å². The van der Waals surface area contributed by atoms with Crippen LogP contribution in [0, 0.1) is 6.58 Å². The molecule has 74 valence electrons. The van der Waals surface area contributed by atoms with Crippen molar-refractivity contribution in [1.82, 2.24) is 0 Å². The number of ether oxygens (including phenoxy) is 2. The van der Waals surface area contributed by atoms with Crippen LogP contribution in [-0.2, 0) is 9.47 Å². The minimum absolute atomic E-state index is 0. The van der Waals surface area contributed by atoms with Gasteiger partial charge in [0.25, 0.3) is 0 Å². The molecule has 3 heteroatoms. The maximum Gasteiger partial charge on any atom is 1.00 e. The molecule has 0 heterocycles. The van der Waals surface area contributed by atoms with Crippen LogP contribution in [0.4, 0.5) is 0 Å². The third kappa shape index (κ3) is 5.49. The van der Waals surface area contributed by atoms with Gasteiger partial charge in [-0.25, -0.2) is 6.08 Å². The molecule has 0 aliphatic heterocycles. The topological polar surface area (TPSA) is 18.5 Å². The largest absolute Gasteiger partial charge is 1.00 e. The van der Waals surface area contributed by atoms with Gasteiger partial charge in [0.1, 0.15) is 0 Å². The van der Waals surface area contributed by atoms with Gasteiger partial charge in [0.2, 0.25) is 0 Å². The second-order valence-corrected chi connectivity index (χ2v) is 2.67. The molecule has 0 aliphatic rings. The third-order valence-corrected chi connectivity index (χ3v) is 1.62. The van der Waals surface area contributed by atoms with Gasteiger partial charge in [0, 0.05) is 7.11 Å². The van der Waals surface area contributed by atoms with Gasteiger partial charge >= 0.3 is 18.9 Å². The summed E-state index contributed by atoms with van der Waals surface area (Å²) in [5.74, 6) is 0.595. The van der Waals surface area contributed by atoms with Crippen molar-refractivity contribution >= 4 is 6.08 Å². The van der Waals surface area contributed by atoms with Crippen molar-refractivity contribution in [3.8, 4) is 0 Å². The van der Waals surface area contributed by atoms with E-state index in [9.17, 15) is 0 Å². The summed E-state index contributed by atoms with van der Waals surface area (Å²) in [6.45, 7) is 5.59. The maximum atomic E-state index is 5.39. The van der Waals surface area contributed by atoms with Crippen LogP contribution in [0.5, 0.6) is 0 Å². The molecule has 1 aromatic rings. The van der Waals surface area contributed by atoms with Gasteiger partial charge in [-0.3, -0.25) is 6.58 Å². The zero-order valence-corrected chi connectivity index (χ0v) is 9.14. The van der Waals surface area contributed by atoms with Gasteiger partial charge in [-0.05, 0) is 11.3 Å². The first-order valence-corrected chi connectivity index (χ1v) is 4.30. The summed E-state index contributed by atoms with van der Waals surface area (Å²) in [6, 6.07) is 9.81. The minimum Gasteiger partial charge on any atom is -0.558 e. The summed E-state index contributed by atoms with van der Waals surface area (Å²) in [7, 11) is 1.57. The van der Waals surface area contributed by atoms with E-state index >= 15 is 0 Å². The van der Waals surface area contributed by atoms with Crippen LogP contribution < -0.4 is 18.9 Å². The summed E-state index contributed by atoms with van der Waals surface area (Å²) >= 11 is 0. The molecule has 0 saturated carbocycles. The average molecular weight is 196 g/mol. The van der Waals surface area contributed by atoms with Gasteiger partial charge in [-0.1, -0.05) is 36.4 Å². The Morgan fingerprint density at radius 1 is 1.33 bits per heavy atom. The van der Waals surface area contributed by atoms with Crippen LogP contribution in [0.15, 0.2) is 42.2 Å². The molecule has 0 aliphatic carbocycles.